The normalized spacial score (nSPS) is 24.2. The van der Waals surface area contributed by atoms with Crippen LogP contribution in [0.4, 0.5) is 0 Å². The third-order valence-corrected chi connectivity index (χ3v) is 8.25. The second-order valence-electron chi connectivity index (χ2n) is 9.06. The Bertz CT molecular complexity index is 1010. The second-order valence-corrected chi connectivity index (χ2v) is 11.0. The highest BCUT2D eigenvalue weighted by Crippen LogP contribution is 2.30. The van der Waals surface area contributed by atoms with E-state index in [0.717, 1.165) is 48.6 Å². The molecule has 2 heterocycles. The molecule has 1 aromatic carbocycles. The van der Waals surface area contributed by atoms with E-state index in [1.165, 1.54) is 0 Å². The lowest BCUT2D eigenvalue weighted by atomic mass is 9.94. The fourth-order valence-electron chi connectivity index (χ4n) is 4.97. The van der Waals surface area contributed by atoms with Crippen molar-refractivity contribution < 1.29 is 13.2 Å². The van der Waals surface area contributed by atoms with Crippen molar-refractivity contribution in [1.29, 1.82) is 0 Å². The Balaban J connectivity index is 1.63. The van der Waals surface area contributed by atoms with Crippen molar-refractivity contribution in [2.45, 2.75) is 63.8 Å². The van der Waals surface area contributed by atoms with Gasteiger partial charge in [-0.1, -0.05) is 26.7 Å². The number of H-pyrrole nitrogens is 1. The summed E-state index contributed by atoms with van der Waals surface area (Å²) < 4.78 is 28.1. The van der Waals surface area contributed by atoms with Gasteiger partial charge in [-0.3, -0.25) is 4.79 Å². The minimum atomic E-state index is -3.55. The summed E-state index contributed by atoms with van der Waals surface area (Å²) in [6.45, 7) is 7.21. The number of fused-ring (bicyclic) bond motifs is 1. The highest BCUT2D eigenvalue weighted by molar-refractivity contribution is 7.89. The van der Waals surface area contributed by atoms with Crippen molar-refractivity contribution in [3.63, 3.8) is 0 Å². The zero-order valence-electron chi connectivity index (χ0n) is 17.5. The van der Waals surface area contributed by atoms with E-state index in [1.807, 2.05) is 6.92 Å². The molecule has 6 nitrogen and oxygen atoms in total. The molecule has 2 aromatic rings. The standard InChI is InChI=1S/C22H31N3O3S/c1-14-10-15(2)13-25(12-14)29(27,28)18-8-9-20-19(11-18)16(3)21(24-20)22(26)23-17-6-4-5-7-17/h8-9,11,14-15,17,24H,4-7,10,12-13H2,1-3H3,(H,23,26). The molecule has 0 bridgehead atoms. The van der Waals surface area contributed by atoms with Crippen molar-refractivity contribution in [2.75, 3.05) is 13.1 Å². The first-order valence-electron chi connectivity index (χ1n) is 10.7. The highest BCUT2D eigenvalue weighted by atomic mass is 32.2. The SMILES string of the molecule is Cc1c(C(=O)NC2CCCC2)[nH]c2ccc(S(=O)(=O)N3CC(C)CC(C)C3)cc12. The van der Waals surface area contributed by atoms with Gasteiger partial charge in [0, 0.05) is 30.0 Å². The van der Waals surface area contributed by atoms with E-state index in [0.29, 0.717) is 35.5 Å². The van der Waals surface area contributed by atoms with E-state index in [2.05, 4.69) is 24.1 Å². The summed E-state index contributed by atoms with van der Waals surface area (Å²) >= 11 is 0. The number of piperidine rings is 1. The number of carbonyl (C=O) groups is 1. The van der Waals surface area contributed by atoms with Crippen LogP contribution >= 0.6 is 0 Å². The van der Waals surface area contributed by atoms with Crippen LogP contribution in [0.2, 0.25) is 0 Å². The average Bonchev–Trinajstić information content (AvgIpc) is 3.28. The number of sulfonamides is 1. The van der Waals surface area contributed by atoms with Gasteiger partial charge in [-0.2, -0.15) is 4.31 Å². The quantitative estimate of drug-likeness (QED) is 0.793. The summed E-state index contributed by atoms with van der Waals surface area (Å²) in [5.41, 5.74) is 2.12. The van der Waals surface area contributed by atoms with Crippen LogP contribution in [0.15, 0.2) is 23.1 Å². The van der Waals surface area contributed by atoms with Crippen LogP contribution in [-0.4, -0.2) is 42.7 Å². The van der Waals surface area contributed by atoms with Crippen molar-refractivity contribution >= 4 is 26.8 Å². The van der Waals surface area contributed by atoms with Gasteiger partial charge in [-0.25, -0.2) is 8.42 Å². The molecule has 2 atom stereocenters. The number of aromatic amines is 1. The molecule has 2 N–H and O–H groups in total. The van der Waals surface area contributed by atoms with E-state index in [9.17, 15) is 13.2 Å². The molecule has 0 spiro atoms. The lowest BCUT2D eigenvalue weighted by Crippen LogP contribution is -2.42. The second kappa shape index (κ2) is 7.76. The number of amides is 1. The number of aromatic nitrogens is 1. The average molecular weight is 418 g/mol. The number of nitrogens with one attached hydrogen (secondary N) is 2. The monoisotopic (exact) mass is 417 g/mol. The number of rotatable bonds is 4. The van der Waals surface area contributed by atoms with Crippen LogP contribution in [0, 0.1) is 18.8 Å². The molecular weight excluding hydrogens is 386 g/mol. The fourth-order valence-corrected chi connectivity index (χ4v) is 6.68. The number of carbonyl (C=O) groups excluding carboxylic acids is 1. The predicted octanol–water partition coefficient (Wildman–Crippen LogP) is 3.82. The van der Waals surface area contributed by atoms with Crippen LogP contribution in [-0.2, 0) is 10.0 Å². The molecule has 1 amide bonds. The Morgan fingerprint density at radius 3 is 2.45 bits per heavy atom. The van der Waals surface area contributed by atoms with E-state index in [-0.39, 0.29) is 11.9 Å². The maximum absolute atomic E-state index is 13.2. The molecule has 1 aliphatic carbocycles. The highest BCUT2D eigenvalue weighted by Gasteiger charge is 2.32. The molecule has 2 fully saturated rings. The Morgan fingerprint density at radius 2 is 1.79 bits per heavy atom. The van der Waals surface area contributed by atoms with Gasteiger partial charge in [0.15, 0.2) is 0 Å². The zero-order valence-corrected chi connectivity index (χ0v) is 18.3. The van der Waals surface area contributed by atoms with Gasteiger partial charge in [-0.15, -0.1) is 0 Å². The molecule has 7 heteroatoms. The van der Waals surface area contributed by atoms with Gasteiger partial charge < -0.3 is 10.3 Å². The van der Waals surface area contributed by atoms with Gasteiger partial charge in [-0.05, 0) is 61.8 Å². The number of nitrogens with zero attached hydrogens (tertiary/aromatic N) is 1. The first-order chi connectivity index (χ1) is 13.8. The first-order valence-corrected chi connectivity index (χ1v) is 12.1. The lowest BCUT2D eigenvalue weighted by Gasteiger charge is -2.34. The summed E-state index contributed by atoms with van der Waals surface area (Å²) in [7, 11) is -3.55. The van der Waals surface area contributed by atoms with Crippen LogP contribution in [0.3, 0.4) is 0 Å². The molecule has 1 aromatic heterocycles. The third-order valence-electron chi connectivity index (χ3n) is 6.42. The smallest absolute Gasteiger partial charge is 0.268 e. The maximum Gasteiger partial charge on any atom is 0.268 e. The predicted molar refractivity (Wildman–Crippen MR) is 114 cm³/mol. The Labute approximate surface area is 173 Å². The summed E-state index contributed by atoms with van der Waals surface area (Å²) in [5, 5.41) is 3.90. The van der Waals surface area contributed by atoms with Gasteiger partial charge in [0.25, 0.3) is 5.91 Å². The Hall–Kier alpha value is -1.86. The Kier molecular flexibility index (Phi) is 5.46. The molecule has 158 valence electrons. The molecule has 1 saturated carbocycles. The fraction of sp³-hybridized carbons (Fsp3) is 0.591. The van der Waals surface area contributed by atoms with Crippen molar-refractivity contribution in [2.24, 2.45) is 11.8 Å². The summed E-state index contributed by atoms with van der Waals surface area (Å²) in [6.07, 6.45) is 5.43. The maximum atomic E-state index is 13.2. The van der Waals surface area contributed by atoms with E-state index in [4.69, 9.17) is 0 Å². The van der Waals surface area contributed by atoms with Crippen LogP contribution in [0.5, 0.6) is 0 Å². The van der Waals surface area contributed by atoms with Crippen LogP contribution in [0.25, 0.3) is 10.9 Å². The topological polar surface area (TPSA) is 82.3 Å². The van der Waals surface area contributed by atoms with Gasteiger partial charge in [0.05, 0.1) is 4.90 Å². The van der Waals surface area contributed by atoms with Crippen molar-refractivity contribution in [1.82, 2.24) is 14.6 Å². The number of hydrogen-bond acceptors (Lipinski definition) is 3. The van der Waals surface area contributed by atoms with Gasteiger partial charge in [0.2, 0.25) is 10.0 Å². The zero-order chi connectivity index (χ0) is 20.8. The molecule has 4 rings (SSSR count). The third kappa shape index (κ3) is 3.94. The van der Waals surface area contributed by atoms with Crippen LogP contribution in [0.1, 0.15) is 62.0 Å². The number of benzene rings is 1. The van der Waals surface area contributed by atoms with Gasteiger partial charge in [0.1, 0.15) is 5.69 Å². The molecular formula is C22H31N3O3S. The summed E-state index contributed by atoms with van der Waals surface area (Å²) in [4.78, 5) is 16.2. The molecule has 2 aliphatic rings. The largest absolute Gasteiger partial charge is 0.350 e. The van der Waals surface area contributed by atoms with E-state index >= 15 is 0 Å². The Morgan fingerprint density at radius 1 is 1.14 bits per heavy atom. The van der Waals surface area contributed by atoms with E-state index in [1.54, 1.807) is 22.5 Å². The molecule has 2 unspecified atom stereocenters. The van der Waals surface area contributed by atoms with Crippen molar-refractivity contribution in [3.05, 3.63) is 29.5 Å². The van der Waals surface area contributed by atoms with E-state index < -0.39 is 10.0 Å². The summed E-state index contributed by atoms with van der Waals surface area (Å²) in [5.74, 6) is 0.614. The van der Waals surface area contributed by atoms with Gasteiger partial charge >= 0.3 is 0 Å². The molecule has 29 heavy (non-hydrogen) atoms. The number of hydrogen-bond donors (Lipinski definition) is 2. The molecule has 1 saturated heterocycles. The molecule has 0 radical (unpaired) electrons. The summed E-state index contributed by atoms with van der Waals surface area (Å²) in [6, 6.07) is 5.38. The van der Waals surface area contributed by atoms with Crippen molar-refractivity contribution in [3.8, 4) is 0 Å². The minimum Gasteiger partial charge on any atom is -0.350 e. The first kappa shape index (κ1) is 20.4. The molecule has 1 aliphatic heterocycles. The number of aryl methyl sites for hydroxylation is 1. The lowest BCUT2D eigenvalue weighted by molar-refractivity contribution is 0.0933. The van der Waals surface area contributed by atoms with Crippen LogP contribution < -0.4 is 5.32 Å². The minimum absolute atomic E-state index is 0.103.